The maximum atomic E-state index is 12.4. The van der Waals surface area contributed by atoms with Crippen molar-refractivity contribution in [3.63, 3.8) is 0 Å². The molecule has 126 valence electrons. The van der Waals surface area contributed by atoms with E-state index in [1.54, 1.807) is 0 Å². The van der Waals surface area contributed by atoms with Gasteiger partial charge >= 0.3 is 0 Å². The first-order valence-electron chi connectivity index (χ1n) is 8.91. The van der Waals surface area contributed by atoms with E-state index in [-0.39, 0.29) is 5.91 Å². The predicted molar refractivity (Wildman–Crippen MR) is 93.1 cm³/mol. The van der Waals surface area contributed by atoms with Crippen LogP contribution in [0.15, 0.2) is 30.3 Å². The van der Waals surface area contributed by atoms with E-state index in [9.17, 15) is 4.79 Å². The van der Waals surface area contributed by atoms with Gasteiger partial charge in [0.25, 0.3) is 0 Å². The van der Waals surface area contributed by atoms with Crippen LogP contribution in [0.2, 0.25) is 0 Å². The van der Waals surface area contributed by atoms with Gasteiger partial charge in [0.05, 0.1) is 5.54 Å². The highest BCUT2D eigenvalue weighted by molar-refractivity contribution is 5.89. The van der Waals surface area contributed by atoms with Crippen LogP contribution < -0.4 is 5.73 Å². The van der Waals surface area contributed by atoms with Gasteiger partial charge in [-0.25, -0.2) is 0 Å². The van der Waals surface area contributed by atoms with Gasteiger partial charge in [-0.2, -0.15) is 0 Å². The minimum atomic E-state index is -0.537. The van der Waals surface area contributed by atoms with Crippen LogP contribution in [0.1, 0.15) is 37.7 Å². The zero-order valence-corrected chi connectivity index (χ0v) is 14.2. The molecule has 0 aromatic heterocycles. The molecule has 2 N–H and O–H groups in total. The van der Waals surface area contributed by atoms with Crippen LogP contribution in [0, 0.1) is 0 Å². The van der Waals surface area contributed by atoms with E-state index in [2.05, 4.69) is 35.2 Å². The molecule has 1 amide bonds. The molecule has 1 saturated heterocycles. The van der Waals surface area contributed by atoms with Crippen LogP contribution in [0.4, 0.5) is 0 Å². The maximum Gasteiger partial charge on any atom is 0.242 e. The number of amides is 1. The second kappa shape index (κ2) is 7.02. The molecule has 4 nitrogen and oxygen atoms in total. The molecule has 2 aliphatic rings. The average Bonchev–Trinajstić information content (AvgIpc) is 3.34. The number of piperidine rings is 1. The summed E-state index contributed by atoms with van der Waals surface area (Å²) in [4.78, 5) is 16.9. The van der Waals surface area contributed by atoms with Crippen LogP contribution in [0.5, 0.6) is 0 Å². The van der Waals surface area contributed by atoms with Crippen molar-refractivity contribution in [2.24, 2.45) is 5.73 Å². The lowest BCUT2D eigenvalue weighted by molar-refractivity contribution is -0.135. The van der Waals surface area contributed by atoms with Crippen molar-refractivity contribution in [2.75, 3.05) is 26.7 Å². The van der Waals surface area contributed by atoms with E-state index in [0.717, 1.165) is 45.3 Å². The Morgan fingerprint density at radius 2 is 2.09 bits per heavy atom. The van der Waals surface area contributed by atoms with Crippen LogP contribution in [-0.2, 0) is 11.2 Å². The Balaban J connectivity index is 1.45. The Bertz CT molecular complexity index is 527. The van der Waals surface area contributed by atoms with E-state index in [4.69, 9.17) is 5.73 Å². The largest absolute Gasteiger partial charge is 0.340 e. The van der Waals surface area contributed by atoms with Crippen molar-refractivity contribution in [3.05, 3.63) is 35.9 Å². The number of nitrogens with zero attached hydrogens (tertiary/aromatic N) is 2. The quantitative estimate of drug-likeness (QED) is 0.874. The second-order valence-corrected chi connectivity index (χ2v) is 7.26. The summed E-state index contributed by atoms with van der Waals surface area (Å²) in [6.45, 7) is 3.26. The summed E-state index contributed by atoms with van der Waals surface area (Å²) in [5, 5.41) is 0. The smallest absolute Gasteiger partial charge is 0.242 e. The van der Waals surface area contributed by atoms with Crippen LogP contribution in [0.3, 0.4) is 0 Å². The van der Waals surface area contributed by atoms with Crippen molar-refractivity contribution in [2.45, 2.75) is 50.1 Å². The highest BCUT2D eigenvalue weighted by atomic mass is 16.2. The third kappa shape index (κ3) is 4.12. The monoisotopic (exact) mass is 315 g/mol. The number of benzene rings is 1. The third-order valence-corrected chi connectivity index (χ3v) is 5.35. The van der Waals surface area contributed by atoms with Crippen molar-refractivity contribution in [1.82, 2.24) is 9.80 Å². The molecule has 3 rings (SSSR count). The normalized spacial score (nSPS) is 23.5. The summed E-state index contributed by atoms with van der Waals surface area (Å²) >= 11 is 0. The Morgan fingerprint density at radius 3 is 2.78 bits per heavy atom. The molecule has 1 atom stereocenters. The van der Waals surface area contributed by atoms with Gasteiger partial charge in [-0.05, 0) is 57.2 Å². The fourth-order valence-electron chi connectivity index (χ4n) is 3.57. The van der Waals surface area contributed by atoms with Gasteiger partial charge in [0, 0.05) is 19.6 Å². The topological polar surface area (TPSA) is 49.6 Å². The summed E-state index contributed by atoms with van der Waals surface area (Å²) in [7, 11) is 1.94. The number of likely N-dealkylation sites (N-methyl/N-ethyl adjacent to an activating group) is 1. The van der Waals surface area contributed by atoms with Gasteiger partial charge in [0.2, 0.25) is 5.91 Å². The fourth-order valence-corrected chi connectivity index (χ4v) is 3.57. The molecule has 0 radical (unpaired) electrons. The molecule has 23 heavy (non-hydrogen) atoms. The zero-order chi connectivity index (χ0) is 16.3. The molecule has 1 saturated carbocycles. The highest BCUT2D eigenvalue weighted by Crippen LogP contribution is 2.34. The van der Waals surface area contributed by atoms with E-state index in [1.165, 1.54) is 18.4 Å². The van der Waals surface area contributed by atoms with Gasteiger partial charge in [-0.15, -0.1) is 0 Å². The number of carbonyl (C=O) groups is 1. The second-order valence-electron chi connectivity index (χ2n) is 7.26. The summed E-state index contributed by atoms with van der Waals surface area (Å²) in [6, 6.07) is 11.0. The van der Waals surface area contributed by atoms with Crippen molar-refractivity contribution in [1.29, 1.82) is 0 Å². The minimum Gasteiger partial charge on any atom is -0.340 e. The standard InChI is InChI=1S/C19H29N3O/c1-21(18(23)19(20)11-12-19)17-10-6-14-22(15-17)13-5-9-16-7-3-2-4-8-16/h2-4,7-8,17H,5-6,9-15,20H2,1H3/t17-/m0/s1. The lowest BCUT2D eigenvalue weighted by Crippen LogP contribution is -2.53. The first kappa shape index (κ1) is 16.5. The molecule has 1 heterocycles. The number of carbonyl (C=O) groups excluding carboxylic acids is 1. The number of likely N-dealkylation sites (tertiary alicyclic amines) is 1. The molecule has 1 aliphatic carbocycles. The summed E-state index contributed by atoms with van der Waals surface area (Å²) in [6.07, 6.45) is 6.28. The molecule has 2 fully saturated rings. The van der Waals surface area contributed by atoms with Gasteiger partial charge in [0.1, 0.15) is 0 Å². The number of hydrogen-bond donors (Lipinski definition) is 1. The number of rotatable bonds is 6. The fraction of sp³-hybridized carbons (Fsp3) is 0.632. The van der Waals surface area contributed by atoms with E-state index in [0.29, 0.717) is 6.04 Å². The molecule has 0 spiro atoms. The minimum absolute atomic E-state index is 0.147. The predicted octanol–water partition coefficient (Wildman–Crippen LogP) is 2.03. The molecular weight excluding hydrogens is 286 g/mol. The molecular formula is C19H29N3O. The van der Waals surface area contributed by atoms with Crippen molar-refractivity contribution >= 4 is 5.91 Å². The van der Waals surface area contributed by atoms with Crippen molar-refractivity contribution in [3.8, 4) is 0 Å². The lowest BCUT2D eigenvalue weighted by atomic mass is 10.0. The number of nitrogens with two attached hydrogens (primary N) is 1. The number of aryl methyl sites for hydroxylation is 1. The van der Waals surface area contributed by atoms with Crippen molar-refractivity contribution < 1.29 is 4.79 Å². The van der Waals surface area contributed by atoms with Gasteiger partial charge in [-0.3, -0.25) is 4.79 Å². The van der Waals surface area contributed by atoms with Crippen LogP contribution in [0.25, 0.3) is 0 Å². The van der Waals surface area contributed by atoms with Gasteiger partial charge in [0.15, 0.2) is 0 Å². The van der Waals surface area contributed by atoms with E-state index >= 15 is 0 Å². The Labute approximate surface area is 139 Å². The summed E-state index contributed by atoms with van der Waals surface area (Å²) in [5.74, 6) is 0.147. The average molecular weight is 315 g/mol. The Hall–Kier alpha value is -1.39. The third-order valence-electron chi connectivity index (χ3n) is 5.35. The van der Waals surface area contributed by atoms with Gasteiger partial charge < -0.3 is 15.5 Å². The first-order chi connectivity index (χ1) is 11.1. The summed E-state index contributed by atoms with van der Waals surface area (Å²) < 4.78 is 0. The molecule has 4 heteroatoms. The Kier molecular flexibility index (Phi) is 5.02. The van der Waals surface area contributed by atoms with Crippen LogP contribution in [-0.4, -0.2) is 54.0 Å². The van der Waals surface area contributed by atoms with E-state index in [1.807, 2.05) is 11.9 Å². The molecule has 1 aromatic carbocycles. The van der Waals surface area contributed by atoms with E-state index < -0.39 is 5.54 Å². The SMILES string of the molecule is CN(C(=O)C1(N)CC1)[C@H]1CCCN(CCCc2ccccc2)C1. The molecule has 0 unspecified atom stereocenters. The number of hydrogen-bond acceptors (Lipinski definition) is 3. The molecule has 1 aromatic rings. The van der Waals surface area contributed by atoms with Gasteiger partial charge in [-0.1, -0.05) is 30.3 Å². The zero-order valence-electron chi connectivity index (χ0n) is 14.2. The van der Waals surface area contributed by atoms with Crippen LogP contribution >= 0.6 is 0 Å². The Morgan fingerprint density at radius 1 is 1.35 bits per heavy atom. The molecule has 1 aliphatic heterocycles. The lowest BCUT2D eigenvalue weighted by Gasteiger charge is -2.38. The maximum absolute atomic E-state index is 12.4. The highest BCUT2D eigenvalue weighted by Gasteiger charge is 2.48. The molecule has 0 bridgehead atoms. The first-order valence-corrected chi connectivity index (χ1v) is 8.91. The summed E-state index contributed by atoms with van der Waals surface area (Å²) in [5.41, 5.74) is 6.94.